The van der Waals surface area contributed by atoms with E-state index in [9.17, 15) is 9.90 Å². The fourth-order valence-electron chi connectivity index (χ4n) is 3.22. The Morgan fingerprint density at radius 3 is 2.61 bits per heavy atom. The summed E-state index contributed by atoms with van der Waals surface area (Å²) in [6.07, 6.45) is 7.47. The predicted molar refractivity (Wildman–Crippen MR) is 113 cm³/mol. The van der Waals surface area contributed by atoms with Crippen molar-refractivity contribution in [2.75, 3.05) is 6.61 Å². The SMILES string of the molecule is Brc1cccc(OC2CCCCO2)c1.O=C1C=C(c2cccc(O)c2)CCC1. The van der Waals surface area contributed by atoms with Crippen molar-refractivity contribution in [1.29, 1.82) is 0 Å². The molecule has 0 saturated carbocycles. The zero-order valence-electron chi connectivity index (χ0n) is 15.8. The van der Waals surface area contributed by atoms with Crippen molar-refractivity contribution in [3.05, 3.63) is 64.6 Å². The highest BCUT2D eigenvalue weighted by Gasteiger charge is 2.15. The molecular formula is C23H25BrO4. The summed E-state index contributed by atoms with van der Waals surface area (Å²) in [6.45, 7) is 0.818. The number of hydrogen-bond donors (Lipinski definition) is 1. The lowest BCUT2D eigenvalue weighted by Crippen LogP contribution is -2.24. The summed E-state index contributed by atoms with van der Waals surface area (Å²) in [5.41, 5.74) is 2.00. The summed E-state index contributed by atoms with van der Waals surface area (Å²) in [4.78, 5) is 11.2. The standard InChI is InChI=1S/C12H12O2.C11H13BrO2/c13-11-5-1-3-9(7-11)10-4-2-6-12(14)8-10;12-9-4-3-5-10(8-9)14-11-6-1-2-7-13-11/h1,3,5,7-8,13H,2,4,6H2;3-5,8,11H,1-2,6-7H2. The van der Waals surface area contributed by atoms with Gasteiger partial charge in [-0.1, -0.05) is 34.1 Å². The lowest BCUT2D eigenvalue weighted by molar-refractivity contribution is -0.114. The van der Waals surface area contributed by atoms with E-state index in [-0.39, 0.29) is 17.8 Å². The highest BCUT2D eigenvalue weighted by Crippen LogP contribution is 2.27. The summed E-state index contributed by atoms with van der Waals surface area (Å²) in [7, 11) is 0. The van der Waals surface area contributed by atoms with Crippen LogP contribution in [-0.4, -0.2) is 23.8 Å². The van der Waals surface area contributed by atoms with Crippen LogP contribution in [0.1, 0.15) is 44.1 Å². The molecule has 4 nitrogen and oxygen atoms in total. The van der Waals surface area contributed by atoms with Crippen LogP contribution in [-0.2, 0) is 9.53 Å². The molecule has 1 heterocycles. The van der Waals surface area contributed by atoms with E-state index in [2.05, 4.69) is 15.9 Å². The van der Waals surface area contributed by atoms with Gasteiger partial charge in [0, 0.05) is 17.3 Å². The molecule has 2 aromatic carbocycles. The minimum Gasteiger partial charge on any atom is -0.508 e. The average molecular weight is 445 g/mol. The van der Waals surface area contributed by atoms with Crippen molar-refractivity contribution in [3.63, 3.8) is 0 Å². The van der Waals surface area contributed by atoms with Crippen LogP contribution in [0.25, 0.3) is 5.57 Å². The molecule has 2 aromatic rings. The zero-order valence-corrected chi connectivity index (χ0v) is 17.4. The zero-order chi connectivity index (χ0) is 19.8. The second-order valence-corrected chi connectivity index (χ2v) is 7.83. The van der Waals surface area contributed by atoms with Gasteiger partial charge in [0.2, 0.25) is 0 Å². The summed E-state index contributed by atoms with van der Waals surface area (Å²) in [6, 6.07) is 14.9. The first-order valence-corrected chi connectivity index (χ1v) is 10.5. The van der Waals surface area contributed by atoms with E-state index in [0.29, 0.717) is 6.42 Å². The van der Waals surface area contributed by atoms with Crippen LogP contribution in [0.4, 0.5) is 0 Å². The monoisotopic (exact) mass is 444 g/mol. The van der Waals surface area contributed by atoms with Gasteiger partial charge in [0.1, 0.15) is 11.5 Å². The second-order valence-electron chi connectivity index (χ2n) is 6.91. The topological polar surface area (TPSA) is 55.8 Å². The number of phenolic OH excluding ortho intramolecular Hbond substituents is 1. The maximum atomic E-state index is 11.2. The summed E-state index contributed by atoms with van der Waals surface area (Å²) < 4.78 is 12.2. The first-order valence-electron chi connectivity index (χ1n) is 9.67. The Morgan fingerprint density at radius 2 is 1.89 bits per heavy atom. The van der Waals surface area contributed by atoms with E-state index in [4.69, 9.17) is 9.47 Å². The first kappa shape index (κ1) is 20.6. The number of rotatable bonds is 3. The number of aromatic hydroxyl groups is 1. The smallest absolute Gasteiger partial charge is 0.199 e. The highest BCUT2D eigenvalue weighted by molar-refractivity contribution is 9.10. The van der Waals surface area contributed by atoms with E-state index in [0.717, 1.165) is 53.6 Å². The maximum absolute atomic E-state index is 11.2. The molecule has 0 amide bonds. The van der Waals surface area contributed by atoms with Gasteiger partial charge in [-0.15, -0.1) is 0 Å². The highest BCUT2D eigenvalue weighted by atomic mass is 79.9. The maximum Gasteiger partial charge on any atom is 0.199 e. The van der Waals surface area contributed by atoms with Crippen molar-refractivity contribution in [2.24, 2.45) is 0 Å². The molecule has 0 spiro atoms. The minimum absolute atomic E-state index is 0.0574. The molecule has 5 heteroatoms. The molecule has 4 rings (SSSR count). The van der Waals surface area contributed by atoms with Crippen LogP contribution in [0.3, 0.4) is 0 Å². The Kier molecular flexibility index (Phi) is 7.69. The summed E-state index contributed by atoms with van der Waals surface area (Å²) in [5.74, 6) is 1.31. The number of hydrogen-bond acceptors (Lipinski definition) is 4. The van der Waals surface area contributed by atoms with Gasteiger partial charge in [-0.05, 0) is 73.2 Å². The molecule has 1 unspecified atom stereocenters. The molecule has 1 fully saturated rings. The Hall–Kier alpha value is -2.11. The van der Waals surface area contributed by atoms with Crippen molar-refractivity contribution >= 4 is 27.3 Å². The van der Waals surface area contributed by atoms with Gasteiger partial charge in [-0.2, -0.15) is 0 Å². The fraction of sp³-hybridized carbons (Fsp3) is 0.348. The molecule has 28 heavy (non-hydrogen) atoms. The van der Waals surface area contributed by atoms with Crippen molar-refractivity contribution in [2.45, 2.75) is 44.8 Å². The van der Waals surface area contributed by atoms with Gasteiger partial charge >= 0.3 is 0 Å². The van der Waals surface area contributed by atoms with Gasteiger partial charge in [0.05, 0.1) is 6.61 Å². The van der Waals surface area contributed by atoms with Crippen LogP contribution >= 0.6 is 15.9 Å². The predicted octanol–water partition coefficient (Wildman–Crippen LogP) is 5.88. The molecule has 1 N–H and O–H groups in total. The van der Waals surface area contributed by atoms with Gasteiger partial charge in [0.15, 0.2) is 12.1 Å². The Labute approximate surface area is 174 Å². The third-order valence-corrected chi connectivity index (χ3v) is 5.12. The molecule has 1 aliphatic heterocycles. The lowest BCUT2D eigenvalue weighted by atomic mass is 9.93. The fourth-order valence-corrected chi connectivity index (χ4v) is 3.60. The number of halogens is 1. The van der Waals surface area contributed by atoms with Crippen LogP contribution in [0, 0.1) is 0 Å². The quantitative estimate of drug-likeness (QED) is 0.641. The van der Waals surface area contributed by atoms with Crippen molar-refractivity contribution < 1.29 is 19.4 Å². The van der Waals surface area contributed by atoms with Crippen LogP contribution in [0.2, 0.25) is 0 Å². The molecule has 2 aliphatic rings. The number of allylic oxidation sites excluding steroid dienone is 2. The third-order valence-electron chi connectivity index (χ3n) is 4.62. The Bertz CT molecular complexity index is 825. The summed E-state index contributed by atoms with van der Waals surface area (Å²) >= 11 is 3.41. The van der Waals surface area contributed by atoms with Crippen LogP contribution < -0.4 is 4.74 Å². The Balaban J connectivity index is 0.000000161. The number of carbonyl (C=O) groups is 1. The number of phenols is 1. The largest absolute Gasteiger partial charge is 0.508 e. The lowest BCUT2D eigenvalue weighted by Gasteiger charge is -2.23. The molecule has 0 bridgehead atoms. The summed E-state index contributed by atoms with van der Waals surface area (Å²) in [5, 5.41) is 9.30. The molecule has 148 valence electrons. The number of benzene rings is 2. The molecule has 0 radical (unpaired) electrons. The number of carbonyl (C=O) groups excluding carboxylic acids is 1. The van der Waals surface area contributed by atoms with Gasteiger partial charge in [0.25, 0.3) is 0 Å². The number of ether oxygens (including phenoxy) is 2. The van der Waals surface area contributed by atoms with Gasteiger partial charge in [-0.3, -0.25) is 4.79 Å². The van der Waals surface area contributed by atoms with E-state index in [1.807, 2.05) is 30.3 Å². The first-order chi connectivity index (χ1) is 13.6. The van der Waals surface area contributed by atoms with E-state index in [1.165, 1.54) is 6.42 Å². The van der Waals surface area contributed by atoms with Crippen molar-refractivity contribution in [3.8, 4) is 11.5 Å². The van der Waals surface area contributed by atoms with Gasteiger partial charge in [-0.25, -0.2) is 0 Å². The molecular weight excluding hydrogens is 420 g/mol. The van der Waals surface area contributed by atoms with E-state index < -0.39 is 0 Å². The normalized spacial score (nSPS) is 19.2. The van der Waals surface area contributed by atoms with Crippen LogP contribution in [0.15, 0.2) is 59.1 Å². The van der Waals surface area contributed by atoms with Crippen molar-refractivity contribution in [1.82, 2.24) is 0 Å². The third kappa shape index (κ3) is 6.50. The number of ketones is 1. The van der Waals surface area contributed by atoms with Crippen LogP contribution in [0.5, 0.6) is 11.5 Å². The molecule has 1 atom stereocenters. The molecule has 0 aromatic heterocycles. The second kappa shape index (κ2) is 10.4. The van der Waals surface area contributed by atoms with Gasteiger partial charge < -0.3 is 14.6 Å². The van der Waals surface area contributed by atoms with E-state index in [1.54, 1.807) is 24.3 Å². The molecule has 1 aliphatic carbocycles. The average Bonchev–Trinajstić information content (AvgIpc) is 2.69. The molecule has 1 saturated heterocycles. The van der Waals surface area contributed by atoms with E-state index >= 15 is 0 Å². The Morgan fingerprint density at radius 1 is 1.04 bits per heavy atom. The minimum atomic E-state index is -0.0574.